The molecule has 0 heterocycles. The fourth-order valence-corrected chi connectivity index (χ4v) is 2.27. The van der Waals surface area contributed by atoms with Crippen molar-refractivity contribution in [3.05, 3.63) is 56.7 Å². The van der Waals surface area contributed by atoms with Gasteiger partial charge in [0.15, 0.2) is 0 Å². The fourth-order valence-electron chi connectivity index (χ4n) is 1.52. The molecule has 0 aliphatic carbocycles. The van der Waals surface area contributed by atoms with Crippen LogP contribution in [-0.4, -0.2) is 5.11 Å². The largest absolute Gasteiger partial charge is 0.508 e. The van der Waals surface area contributed by atoms with Crippen molar-refractivity contribution in [2.75, 3.05) is 5.32 Å². The summed E-state index contributed by atoms with van der Waals surface area (Å²) in [4.78, 5) is 0. The maximum absolute atomic E-state index is 13.1. The van der Waals surface area contributed by atoms with Gasteiger partial charge in [0.1, 0.15) is 11.6 Å². The first kappa shape index (κ1) is 13.4. The molecule has 2 nitrogen and oxygen atoms in total. The summed E-state index contributed by atoms with van der Waals surface area (Å²) in [5, 5.41) is 12.7. The van der Waals surface area contributed by atoms with Crippen molar-refractivity contribution in [3.63, 3.8) is 0 Å². The number of anilines is 1. The number of hydrogen-bond acceptors (Lipinski definition) is 2. The van der Waals surface area contributed by atoms with Crippen molar-refractivity contribution < 1.29 is 9.50 Å². The van der Waals surface area contributed by atoms with Gasteiger partial charge in [-0.3, -0.25) is 0 Å². The number of hydrogen-bond donors (Lipinski definition) is 2. The van der Waals surface area contributed by atoms with Gasteiger partial charge in [0.05, 0.1) is 0 Å². The maximum Gasteiger partial charge on any atom is 0.123 e. The Morgan fingerprint density at radius 1 is 1.11 bits per heavy atom. The Labute approximate surface area is 121 Å². The first-order chi connectivity index (χ1) is 8.56. The molecular weight excluding hydrogens is 365 g/mol. The van der Waals surface area contributed by atoms with Gasteiger partial charge in [-0.2, -0.15) is 0 Å². The van der Waals surface area contributed by atoms with E-state index in [2.05, 4.69) is 37.2 Å². The summed E-state index contributed by atoms with van der Waals surface area (Å²) < 4.78 is 14.9. The normalized spacial score (nSPS) is 10.4. The number of phenolic OH excluding ortho intramolecular Hbond substituents is 1. The topological polar surface area (TPSA) is 32.3 Å². The van der Waals surface area contributed by atoms with Gasteiger partial charge in [0.25, 0.3) is 0 Å². The van der Waals surface area contributed by atoms with E-state index in [0.29, 0.717) is 12.1 Å². The lowest BCUT2D eigenvalue weighted by Crippen LogP contribution is -2.01. The average Bonchev–Trinajstić information content (AvgIpc) is 2.34. The van der Waals surface area contributed by atoms with Crippen molar-refractivity contribution in [2.24, 2.45) is 0 Å². The average molecular weight is 375 g/mol. The molecule has 2 N–H and O–H groups in total. The molecule has 0 aromatic heterocycles. The number of nitrogens with one attached hydrogen (secondary N) is 1. The van der Waals surface area contributed by atoms with E-state index in [9.17, 15) is 9.50 Å². The van der Waals surface area contributed by atoms with E-state index in [1.54, 1.807) is 0 Å². The predicted molar refractivity (Wildman–Crippen MR) is 77.2 cm³/mol. The van der Waals surface area contributed by atoms with Gasteiger partial charge < -0.3 is 10.4 Å². The van der Waals surface area contributed by atoms with E-state index in [0.717, 1.165) is 14.6 Å². The Morgan fingerprint density at radius 2 is 1.89 bits per heavy atom. The quantitative estimate of drug-likeness (QED) is 0.818. The summed E-state index contributed by atoms with van der Waals surface area (Å²) in [5.74, 6) is -0.284. The lowest BCUT2D eigenvalue weighted by Gasteiger charge is -2.10. The van der Waals surface area contributed by atoms with Crippen molar-refractivity contribution in [1.82, 2.24) is 0 Å². The van der Waals surface area contributed by atoms with Gasteiger partial charge >= 0.3 is 0 Å². The molecule has 0 bridgehead atoms. The predicted octanol–water partition coefficient (Wildman–Crippen LogP) is 4.67. The second kappa shape index (κ2) is 5.71. The first-order valence-corrected chi connectivity index (χ1v) is 6.81. The van der Waals surface area contributed by atoms with Gasteiger partial charge in [-0.15, -0.1) is 0 Å². The van der Waals surface area contributed by atoms with Crippen LogP contribution in [0.4, 0.5) is 10.1 Å². The Morgan fingerprint density at radius 3 is 2.67 bits per heavy atom. The van der Waals surface area contributed by atoms with Crippen LogP contribution in [0.5, 0.6) is 5.75 Å². The number of aromatic hydroxyl groups is 1. The molecule has 2 aromatic carbocycles. The van der Waals surface area contributed by atoms with E-state index in [1.165, 1.54) is 18.2 Å². The molecular formula is C13H10Br2FNO. The van der Waals surface area contributed by atoms with Gasteiger partial charge in [0, 0.05) is 26.7 Å². The molecule has 0 atom stereocenters. The lowest BCUT2D eigenvalue weighted by molar-refractivity contribution is 0.466. The van der Waals surface area contributed by atoms with Crippen LogP contribution in [0.1, 0.15) is 5.56 Å². The van der Waals surface area contributed by atoms with Crippen LogP contribution in [0.3, 0.4) is 0 Å². The summed E-state index contributed by atoms with van der Waals surface area (Å²) in [7, 11) is 0. The summed E-state index contributed by atoms with van der Waals surface area (Å²) in [6.45, 7) is 0.346. The monoisotopic (exact) mass is 373 g/mol. The highest BCUT2D eigenvalue weighted by atomic mass is 79.9. The molecule has 0 fully saturated rings. The van der Waals surface area contributed by atoms with E-state index in [1.807, 2.05) is 18.2 Å². The van der Waals surface area contributed by atoms with Crippen LogP contribution in [0.25, 0.3) is 0 Å². The zero-order valence-electron chi connectivity index (χ0n) is 9.25. The fraction of sp³-hybridized carbons (Fsp3) is 0.0769. The van der Waals surface area contributed by atoms with Crippen LogP contribution >= 0.6 is 31.9 Å². The van der Waals surface area contributed by atoms with E-state index in [-0.39, 0.29) is 11.6 Å². The third-order valence-corrected chi connectivity index (χ3v) is 3.62. The molecule has 18 heavy (non-hydrogen) atoms. The minimum absolute atomic E-state index is 0.0787. The molecule has 94 valence electrons. The highest BCUT2D eigenvalue weighted by molar-refractivity contribution is 9.11. The number of benzene rings is 2. The smallest absolute Gasteiger partial charge is 0.123 e. The Bertz CT molecular complexity index is 523. The zero-order chi connectivity index (χ0) is 13.1. The van der Waals surface area contributed by atoms with Gasteiger partial charge in [-0.05, 0) is 52.3 Å². The molecule has 5 heteroatoms. The van der Waals surface area contributed by atoms with Crippen LogP contribution in [-0.2, 0) is 6.54 Å². The maximum atomic E-state index is 13.1. The summed E-state index contributed by atoms with van der Waals surface area (Å²) in [6.07, 6.45) is 0. The Kier molecular flexibility index (Phi) is 4.24. The van der Waals surface area contributed by atoms with Crippen LogP contribution < -0.4 is 5.32 Å². The van der Waals surface area contributed by atoms with Crippen LogP contribution in [0, 0.1) is 5.82 Å². The van der Waals surface area contributed by atoms with E-state index >= 15 is 0 Å². The molecule has 0 amide bonds. The second-order valence-electron chi connectivity index (χ2n) is 3.75. The minimum atomic E-state index is -0.363. The second-order valence-corrected chi connectivity index (χ2v) is 5.52. The molecule has 0 radical (unpaired) electrons. The molecule has 2 rings (SSSR count). The molecule has 2 aromatic rings. The van der Waals surface area contributed by atoms with Crippen LogP contribution in [0.2, 0.25) is 0 Å². The van der Waals surface area contributed by atoms with E-state index in [4.69, 9.17) is 0 Å². The van der Waals surface area contributed by atoms with E-state index < -0.39 is 0 Å². The zero-order valence-corrected chi connectivity index (χ0v) is 12.4. The number of halogens is 3. The minimum Gasteiger partial charge on any atom is -0.508 e. The van der Waals surface area contributed by atoms with Crippen molar-refractivity contribution in [3.8, 4) is 5.75 Å². The van der Waals surface area contributed by atoms with Crippen molar-refractivity contribution in [2.45, 2.75) is 6.54 Å². The van der Waals surface area contributed by atoms with Gasteiger partial charge in [0.2, 0.25) is 0 Å². The SMILES string of the molecule is Oc1ccc(F)cc1CNc1cc(Br)ccc1Br. The Hall–Kier alpha value is -1.07. The first-order valence-electron chi connectivity index (χ1n) is 5.22. The summed E-state index contributed by atoms with van der Waals surface area (Å²) >= 11 is 6.80. The highest BCUT2D eigenvalue weighted by Crippen LogP contribution is 2.27. The molecule has 0 saturated carbocycles. The molecule has 0 aliphatic rings. The van der Waals surface area contributed by atoms with Gasteiger partial charge in [-0.1, -0.05) is 15.9 Å². The lowest BCUT2D eigenvalue weighted by atomic mass is 10.2. The number of phenols is 1. The molecule has 0 saturated heterocycles. The highest BCUT2D eigenvalue weighted by Gasteiger charge is 2.05. The number of rotatable bonds is 3. The summed E-state index contributed by atoms with van der Waals surface area (Å²) in [5.41, 5.74) is 1.38. The third-order valence-electron chi connectivity index (χ3n) is 2.44. The molecule has 0 aliphatic heterocycles. The standard InChI is InChI=1S/C13H10Br2FNO/c14-9-1-3-11(15)12(6-9)17-7-8-5-10(16)2-4-13(8)18/h1-6,17-18H,7H2. The van der Waals surface area contributed by atoms with Gasteiger partial charge in [-0.25, -0.2) is 4.39 Å². The molecule has 0 spiro atoms. The molecule has 0 unspecified atom stereocenters. The van der Waals surface area contributed by atoms with Crippen molar-refractivity contribution in [1.29, 1.82) is 0 Å². The van der Waals surface area contributed by atoms with Crippen LogP contribution in [0.15, 0.2) is 45.3 Å². The third kappa shape index (κ3) is 3.23. The van der Waals surface area contributed by atoms with Crippen molar-refractivity contribution >= 4 is 37.5 Å². The summed E-state index contributed by atoms with van der Waals surface area (Å²) in [6, 6.07) is 9.61. The Balaban J connectivity index is 2.16.